The Morgan fingerprint density at radius 2 is 1.81 bits per heavy atom. The van der Waals surface area contributed by atoms with Gasteiger partial charge in [-0.15, -0.1) is 0 Å². The second-order valence-electron chi connectivity index (χ2n) is 7.56. The summed E-state index contributed by atoms with van der Waals surface area (Å²) < 4.78 is 27.5. The summed E-state index contributed by atoms with van der Waals surface area (Å²) >= 11 is 0. The number of piperidine rings is 1. The van der Waals surface area contributed by atoms with Crippen molar-refractivity contribution in [1.82, 2.24) is 14.5 Å². The number of carbonyl (C=O) groups is 1. The number of carbonyl (C=O) groups excluding carboxylic acids is 1. The number of amides is 1. The normalized spacial score (nSPS) is 24.5. The van der Waals surface area contributed by atoms with Gasteiger partial charge in [0.2, 0.25) is 15.9 Å². The molecular formula is C19H27N3O3S. The number of benzene rings is 1. The van der Waals surface area contributed by atoms with Crippen LogP contribution in [0.25, 0.3) is 0 Å². The third kappa shape index (κ3) is 3.40. The minimum Gasteiger partial charge on any atom is -0.340 e. The molecule has 2 aliphatic heterocycles. The molecule has 0 spiro atoms. The van der Waals surface area contributed by atoms with Gasteiger partial charge in [-0.3, -0.25) is 4.79 Å². The molecule has 0 radical (unpaired) electrons. The molecule has 2 saturated heterocycles. The number of nitrogens with one attached hydrogen (secondary N) is 1. The largest absolute Gasteiger partial charge is 0.340 e. The molecule has 7 heteroatoms. The highest BCUT2D eigenvalue weighted by Gasteiger charge is 2.33. The summed E-state index contributed by atoms with van der Waals surface area (Å²) in [6.45, 7) is 3.46. The molecular weight excluding hydrogens is 350 g/mol. The molecule has 26 heavy (non-hydrogen) atoms. The van der Waals surface area contributed by atoms with Gasteiger partial charge in [0.25, 0.3) is 0 Å². The van der Waals surface area contributed by atoms with Crippen LogP contribution in [0.3, 0.4) is 0 Å². The third-order valence-electron chi connectivity index (χ3n) is 5.90. The van der Waals surface area contributed by atoms with Crippen LogP contribution in [0.5, 0.6) is 0 Å². The minimum absolute atomic E-state index is 0.0450. The lowest BCUT2D eigenvalue weighted by Crippen LogP contribution is -2.53. The Hall–Kier alpha value is -1.44. The average Bonchev–Trinajstić information content (AvgIpc) is 3.16. The lowest BCUT2D eigenvalue weighted by molar-refractivity contribution is -0.137. The van der Waals surface area contributed by atoms with Crippen LogP contribution < -0.4 is 5.32 Å². The maximum Gasteiger partial charge on any atom is 0.243 e. The number of fused-ring (bicyclic) bond motifs is 1. The van der Waals surface area contributed by atoms with E-state index in [1.807, 2.05) is 17.0 Å². The molecule has 0 bridgehead atoms. The zero-order valence-electron chi connectivity index (χ0n) is 15.1. The van der Waals surface area contributed by atoms with Crippen molar-refractivity contribution in [3.8, 4) is 0 Å². The first-order valence-corrected chi connectivity index (χ1v) is 11.1. The molecule has 3 aliphatic rings. The summed E-state index contributed by atoms with van der Waals surface area (Å²) in [6.07, 6.45) is 5.08. The van der Waals surface area contributed by atoms with Crippen LogP contribution in [0.15, 0.2) is 23.1 Å². The smallest absolute Gasteiger partial charge is 0.243 e. The lowest BCUT2D eigenvalue weighted by Gasteiger charge is -2.36. The van der Waals surface area contributed by atoms with E-state index in [4.69, 9.17) is 0 Å². The topological polar surface area (TPSA) is 69.7 Å². The molecule has 1 unspecified atom stereocenters. The van der Waals surface area contributed by atoms with Crippen molar-refractivity contribution >= 4 is 15.9 Å². The zero-order valence-corrected chi connectivity index (χ0v) is 15.9. The highest BCUT2D eigenvalue weighted by Crippen LogP contribution is 2.27. The lowest BCUT2D eigenvalue weighted by atomic mass is 9.98. The first-order valence-electron chi connectivity index (χ1n) is 9.67. The highest BCUT2D eigenvalue weighted by atomic mass is 32.2. The van der Waals surface area contributed by atoms with E-state index in [0.717, 1.165) is 45.2 Å². The van der Waals surface area contributed by atoms with Crippen LogP contribution in [0.4, 0.5) is 0 Å². The number of hydrogen-bond donors (Lipinski definition) is 1. The summed E-state index contributed by atoms with van der Waals surface area (Å²) in [4.78, 5) is 14.9. The van der Waals surface area contributed by atoms with Gasteiger partial charge in [-0.1, -0.05) is 6.07 Å². The van der Waals surface area contributed by atoms with Gasteiger partial charge in [-0.05, 0) is 61.9 Å². The van der Waals surface area contributed by atoms with Crippen molar-refractivity contribution in [3.63, 3.8) is 0 Å². The Morgan fingerprint density at radius 3 is 2.54 bits per heavy atom. The van der Waals surface area contributed by atoms with Gasteiger partial charge < -0.3 is 10.2 Å². The quantitative estimate of drug-likeness (QED) is 0.854. The summed E-state index contributed by atoms with van der Waals surface area (Å²) in [5, 5.41) is 3.28. The Bertz CT molecular complexity index is 779. The molecule has 2 heterocycles. The molecule has 6 nitrogen and oxygen atoms in total. The monoisotopic (exact) mass is 377 g/mol. The third-order valence-corrected chi connectivity index (χ3v) is 7.80. The maximum absolute atomic E-state index is 13.0. The Balaban J connectivity index is 1.41. The van der Waals surface area contributed by atoms with E-state index in [1.165, 1.54) is 15.4 Å². The molecule has 2 fully saturated rings. The summed E-state index contributed by atoms with van der Waals surface area (Å²) in [5.41, 5.74) is 2.45. The minimum atomic E-state index is -3.47. The molecule has 1 aliphatic carbocycles. The van der Waals surface area contributed by atoms with E-state index < -0.39 is 10.0 Å². The van der Waals surface area contributed by atoms with Gasteiger partial charge in [-0.2, -0.15) is 4.31 Å². The molecule has 1 amide bonds. The van der Waals surface area contributed by atoms with E-state index in [-0.39, 0.29) is 11.8 Å². The standard InChI is InChI=1S/C19H27N3O3S/c23-19(17-5-2-8-20-14-17)21-9-11-22(12-10-21)26(24,25)18-7-6-15-3-1-4-16(15)13-18/h6-7,13,17,20H,1-5,8-12,14H2. The van der Waals surface area contributed by atoms with Crippen LogP contribution >= 0.6 is 0 Å². The van der Waals surface area contributed by atoms with Crippen LogP contribution in [-0.4, -0.2) is 62.8 Å². The summed E-state index contributed by atoms with van der Waals surface area (Å²) in [6, 6.07) is 5.55. The van der Waals surface area contributed by atoms with E-state index in [2.05, 4.69) is 5.32 Å². The SMILES string of the molecule is O=C(C1CCCNC1)N1CCN(S(=O)(=O)c2ccc3c(c2)CCC3)CC1. The average molecular weight is 378 g/mol. The Morgan fingerprint density at radius 1 is 1.04 bits per heavy atom. The number of sulfonamides is 1. The van der Waals surface area contributed by atoms with Crippen molar-refractivity contribution in [3.05, 3.63) is 29.3 Å². The van der Waals surface area contributed by atoms with Gasteiger partial charge in [0, 0.05) is 32.7 Å². The summed E-state index contributed by atoms with van der Waals surface area (Å²) in [7, 11) is -3.47. The number of nitrogens with zero attached hydrogens (tertiary/aromatic N) is 2. The van der Waals surface area contributed by atoms with Crippen molar-refractivity contribution < 1.29 is 13.2 Å². The van der Waals surface area contributed by atoms with Crippen molar-refractivity contribution in [2.75, 3.05) is 39.3 Å². The van der Waals surface area contributed by atoms with Crippen molar-refractivity contribution in [2.24, 2.45) is 5.92 Å². The van der Waals surface area contributed by atoms with Crippen LogP contribution in [0.2, 0.25) is 0 Å². The molecule has 1 N–H and O–H groups in total. The van der Waals surface area contributed by atoms with Crippen LogP contribution in [0, 0.1) is 5.92 Å². The second-order valence-corrected chi connectivity index (χ2v) is 9.49. The molecule has 4 rings (SSSR count). The molecule has 1 aromatic carbocycles. The summed E-state index contributed by atoms with van der Waals surface area (Å²) in [5.74, 6) is 0.218. The van der Waals surface area contributed by atoms with E-state index in [9.17, 15) is 13.2 Å². The first-order chi connectivity index (χ1) is 12.6. The molecule has 1 atom stereocenters. The number of piperazine rings is 1. The number of hydrogen-bond acceptors (Lipinski definition) is 4. The van der Waals surface area contributed by atoms with Crippen molar-refractivity contribution in [1.29, 1.82) is 0 Å². The van der Waals surface area contributed by atoms with Gasteiger partial charge in [-0.25, -0.2) is 8.42 Å². The van der Waals surface area contributed by atoms with Crippen LogP contribution in [0.1, 0.15) is 30.4 Å². The van der Waals surface area contributed by atoms with Gasteiger partial charge in [0.15, 0.2) is 0 Å². The number of aryl methyl sites for hydroxylation is 2. The van der Waals surface area contributed by atoms with Crippen LogP contribution in [-0.2, 0) is 27.7 Å². The fraction of sp³-hybridized carbons (Fsp3) is 0.632. The second kappa shape index (κ2) is 7.29. The van der Waals surface area contributed by atoms with Crippen molar-refractivity contribution in [2.45, 2.75) is 37.0 Å². The van der Waals surface area contributed by atoms with E-state index in [1.54, 1.807) is 6.07 Å². The fourth-order valence-corrected chi connectivity index (χ4v) is 5.80. The van der Waals surface area contributed by atoms with Gasteiger partial charge in [0.05, 0.1) is 10.8 Å². The Labute approximate surface area is 155 Å². The maximum atomic E-state index is 13.0. The Kier molecular flexibility index (Phi) is 5.03. The fourth-order valence-electron chi connectivity index (χ4n) is 4.33. The molecule has 1 aromatic rings. The predicted octanol–water partition coefficient (Wildman–Crippen LogP) is 1.01. The van der Waals surface area contributed by atoms with Gasteiger partial charge in [0.1, 0.15) is 0 Å². The first kappa shape index (κ1) is 17.9. The molecule has 0 saturated carbocycles. The predicted molar refractivity (Wildman–Crippen MR) is 99.4 cm³/mol. The molecule has 0 aromatic heterocycles. The zero-order chi connectivity index (χ0) is 18.1. The van der Waals surface area contributed by atoms with Gasteiger partial charge >= 0.3 is 0 Å². The molecule has 142 valence electrons. The van der Waals surface area contributed by atoms with E-state index >= 15 is 0 Å². The van der Waals surface area contributed by atoms with E-state index in [0.29, 0.717) is 31.1 Å². The highest BCUT2D eigenvalue weighted by molar-refractivity contribution is 7.89. The number of rotatable bonds is 3.